The molecule has 0 saturated heterocycles. The van der Waals surface area contributed by atoms with Crippen molar-refractivity contribution < 1.29 is 17.9 Å². The summed E-state index contributed by atoms with van der Waals surface area (Å²) in [5, 5.41) is 0. The third-order valence-corrected chi connectivity index (χ3v) is 4.99. The molecule has 7 heteroatoms. The van der Waals surface area contributed by atoms with E-state index in [0.717, 1.165) is 17.7 Å². The van der Waals surface area contributed by atoms with Gasteiger partial charge in [0.25, 0.3) is 10.0 Å². The van der Waals surface area contributed by atoms with E-state index < -0.39 is 10.0 Å². The predicted molar refractivity (Wildman–Crippen MR) is 91.1 cm³/mol. The third-order valence-electron chi connectivity index (χ3n) is 3.63. The van der Waals surface area contributed by atoms with Crippen LogP contribution in [-0.4, -0.2) is 25.6 Å². The molecule has 0 aliphatic carbocycles. The van der Waals surface area contributed by atoms with Crippen LogP contribution in [0.3, 0.4) is 0 Å². The summed E-state index contributed by atoms with van der Waals surface area (Å²) in [6.45, 7) is 6.32. The van der Waals surface area contributed by atoms with Crippen molar-refractivity contribution in [1.82, 2.24) is 4.98 Å². The molecule has 1 aliphatic heterocycles. The zero-order valence-corrected chi connectivity index (χ0v) is 14.7. The van der Waals surface area contributed by atoms with Crippen LogP contribution in [0.25, 0.3) is 0 Å². The Morgan fingerprint density at radius 2 is 2.08 bits per heavy atom. The summed E-state index contributed by atoms with van der Waals surface area (Å²) >= 11 is 0. The number of nitrogens with zero attached hydrogens (tertiary/aromatic N) is 1. The maximum atomic E-state index is 12.5. The van der Waals surface area contributed by atoms with Gasteiger partial charge in [-0.2, -0.15) is 0 Å². The number of fused-ring (bicyclic) bond motifs is 1. The number of pyridine rings is 1. The largest absolute Gasteiger partial charge is 0.487 e. The Hall–Kier alpha value is -2.28. The molecule has 128 valence electrons. The van der Waals surface area contributed by atoms with Crippen LogP contribution < -0.4 is 14.2 Å². The van der Waals surface area contributed by atoms with Crippen molar-refractivity contribution in [3.05, 3.63) is 42.1 Å². The van der Waals surface area contributed by atoms with Crippen LogP contribution >= 0.6 is 0 Å². The highest BCUT2D eigenvalue weighted by molar-refractivity contribution is 7.92. The molecule has 1 N–H and O–H groups in total. The SMILES string of the molecule is CCOc1ccc(S(=O)(=O)Nc2ccc3c(c2)CC(C)(C)O3)cn1. The predicted octanol–water partition coefficient (Wildman–Crippen LogP) is 2.99. The Bertz CT molecular complexity index is 845. The lowest BCUT2D eigenvalue weighted by molar-refractivity contribution is 0.138. The maximum absolute atomic E-state index is 12.5. The van der Waals surface area contributed by atoms with Crippen LogP contribution in [0, 0.1) is 0 Å². The van der Waals surface area contributed by atoms with Gasteiger partial charge in [0.15, 0.2) is 0 Å². The van der Waals surface area contributed by atoms with E-state index in [1.165, 1.54) is 18.3 Å². The highest BCUT2D eigenvalue weighted by Crippen LogP contribution is 2.36. The fourth-order valence-corrected chi connectivity index (χ4v) is 3.64. The van der Waals surface area contributed by atoms with Crippen molar-refractivity contribution in [2.24, 2.45) is 0 Å². The first-order valence-corrected chi connectivity index (χ1v) is 9.21. The van der Waals surface area contributed by atoms with Gasteiger partial charge in [-0.05, 0) is 45.0 Å². The van der Waals surface area contributed by atoms with Crippen molar-refractivity contribution in [1.29, 1.82) is 0 Å². The van der Waals surface area contributed by atoms with E-state index in [1.807, 2.05) is 26.8 Å². The monoisotopic (exact) mass is 348 g/mol. The van der Waals surface area contributed by atoms with Crippen molar-refractivity contribution in [3.63, 3.8) is 0 Å². The molecule has 6 nitrogen and oxygen atoms in total. The number of hydrogen-bond acceptors (Lipinski definition) is 5. The normalized spacial score (nSPS) is 15.5. The van der Waals surface area contributed by atoms with Gasteiger partial charge in [0.1, 0.15) is 16.2 Å². The molecular formula is C17H20N2O4S. The molecule has 3 rings (SSSR count). The minimum Gasteiger partial charge on any atom is -0.487 e. The van der Waals surface area contributed by atoms with E-state index in [4.69, 9.17) is 9.47 Å². The van der Waals surface area contributed by atoms with E-state index in [9.17, 15) is 8.42 Å². The molecule has 0 fully saturated rings. The van der Waals surface area contributed by atoms with E-state index in [-0.39, 0.29) is 10.5 Å². The maximum Gasteiger partial charge on any atom is 0.263 e. The molecule has 1 aliphatic rings. The summed E-state index contributed by atoms with van der Waals surface area (Å²) in [5.41, 5.74) is 1.23. The molecule has 0 spiro atoms. The van der Waals surface area contributed by atoms with E-state index >= 15 is 0 Å². The molecule has 2 heterocycles. The van der Waals surface area contributed by atoms with Gasteiger partial charge in [0, 0.05) is 23.7 Å². The standard InChI is InChI=1S/C17H20N2O4S/c1-4-22-16-8-6-14(11-18-16)24(20,21)19-13-5-7-15-12(9-13)10-17(2,3)23-15/h5-9,11,19H,4,10H2,1-3H3. The van der Waals surface area contributed by atoms with Crippen molar-refractivity contribution in [2.45, 2.75) is 37.7 Å². The van der Waals surface area contributed by atoms with Crippen LogP contribution in [0.4, 0.5) is 5.69 Å². The second-order valence-electron chi connectivity index (χ2n) is 6.23. The second-order valence-corrected chi connectivity index (χ2v) is 7.91. The summed E-state index contributed by atoms with van der Waals surface area (Å²) in [4.78, 5) is 4.08. The molecule has 2 aromatic rings. The zero-order valence-electron chi connectivity index (χ0n) is 13.9. The van der Waals surface area contributed by atoms with Gasteiger partial charge in [-0.1, -0.05) is 0 Å². The molecule has 0 saturated carbocycles. The molecule has 24 heavy (non-hydrogen) atoms. The number of nitrogens with one attached hydrogen (secondary N) is 1. The first-order valence-electron chi connectivity index (χ1n) is 7.73. The van der Waals surface area contributed by atoms with Crippen LogP contribution in [0.5, 0.6) is 11.6 Å². The van der Waals surface area contributed by atoms with Crippen molar-refractivity contribution in [2.75, 3.05) is 11.3 Å². The Balaban J connectivity index is 1.80. The highest BCUT2D eigenvalue weighted by Gasteiger charge is 2.30. The molecule has 0 atom stereocenters. The average Bonchev–Trinajstić information content (AvgIpc) is 2.81. The van der Waals surface area contributed by atoms with Crippen LogP contribution in [0.1, 0.15) is 26.3 Å². The highest BCUT2D eigenvalue weighted by atomic mass is 32.2. The smallest absolute Gasteiger partial charge is 0.263 e. The lowest BCUT2D eigenvalue weighted by atomic mass is 10.0. The Labute approximate surface area is 141 Å². The van der Waals surface area contributed by atoms with Gasteiger partial charge in [0.05, 0.1) is 12.8 Å². The summed E-state index contributed by atoms with van der Waals surface area (Å²) in [7, 11) is -3.70. The molecule has 0 bridgehead atoms. The minimum atomic E-state index is -3.70. The fourth-order valence-electron chi connectivity index (χ4n) is 2.65. The van der Waals surface area contributed by atoms with Gasteiger partial charge < -0.3 is 9.47 Å². The van der Waals surface area contributed by atoms with Gasteiger partial charge in [0.2, 0.25) is 5.88 Å². The number of rotatable bonds is 5. The lowest BCUT2D eigenvalue weighted by Crippen LogP contribution is -2.24. The van der Waals surface area contributed by atoms with E-state index in [0.29, 0.717) is 18.2 Å². The van der Waals surface area contributed by atoms with Crippen molar-refractivity contribution in [3.8, 4) is 11.6 Å². The number of benzene rings is 1. The lowest BCUT2D eigenvalue weighted by Gasteiger charge is -2.16. The molecule has 0 radical (unpaired) electrons. The van der Waals surface area contributed by atoms with Crippen molar-refractivity contribution >= 4 is 15.7 Å². The van der Waals surface area contributed by atoms with E-state index in [1.54, 1.807) is 12.1 Å². The molecule has 0 amide bonds. The summed E-state index contributed by atoms with van der Waals surface area (Å²) in [5.74, 6) is 1.19. The van der Waals surface area contributed by atoms with Gasteiger partial charge in [-0.3, -0.25) is 4.72 Å². The zero-order chi connectivity index (χ0) is 17.4. The number of sulfonamides is 1. The molecule has 1 aromatic heterocycles. The first kappa shape index (κ1) is 16.6. The fraction of sp³-hybridized carbons (Fsp3) is 0.353. The number of ether oxygens (including phenoxy) is 2. The van der Waals surface area contributed by atoms with Crippen LogP contribution in [0.15, 0.2) is 41.4 Å². The van der Waals surface area contributed by atoms with Gasteiger partial charge >= 0.3 is 0 Å². The minimum absolute atomic E-state index is 0.0861. The van der Waals surface area contributed by atoms with Crippen LogP contribution in [0.2, 0.25) is 0 Å². The number of hydrogen-bond donors (Lipinski definition) is 1. The van der Waals surface area contributed by atoms with Crippen LogP contribution in [-0.2, 0) is 16.4 Å². The molecule has 1 aromatic carbocycles. The summed E-state index contributed by atoms with van der Waals surface area (Å²) < 4.78 is 38.5. The second kappa shape index (κ2) is 5.98. The average molecular weight is 348 g/mol. The third kappa shape index (κ3) is 3.46. The Kier molecular flexibility index (Phi) is 4.13. The Morgan fingerprint density at radius 1 is 1.29 bits per heavy atom. The summed E-state index contributed by atoms with van der Waals surface area (Å²) in [6, 6.07) is 8.30. The number of aromatic nitrogens is 1. The Morgan fingerprint density at radius 3 is 2.75 bits per heavy atom. The first-order chi connectivity index (χ1) is 11.3. The van der Waals surface area contributed by atoms with E-state index in [2.05, 4.69) is 9.71 Å². The van der Waals surface area contributed by atoms with Gasteiger partial charge in [-0.15, -0.1) is 0 Å². The topological polar surface area (TPSA) is 77.5 Å². The quantitative estimate of drug-likeness (QED) is 0.899. The molecule has 0 unspecified atom stereocenters. The number of anilines is 1. The summed E-state index contributed by atoms with van der Waals surface area (Å²) in [6.07, 6.45) is 2.02. The van der Waals surface area contributed by atoms with Gasteiger partial charge in [-0.25, -0.2) is 13.4 Å². The molecular weight excluding hydrogens is 328 g/mol.